The van der Waals surface area contributed by atoms with Crippen molar-refractivity contribution in [2.24, 2.45) is 5.92 Å². The lowest BCUT2D eigenvalue weighted by molar-refractivity contribution is -0.125. The van der Waals surface area contributed by atoms with E-state index in [2.05, 4.69) is 5.32 Å². The van der Waals surface area contributed by atoms with Gasteiger partial charge in [-0.15, -0.1) is 0 Å². The van der Waals surface area contributed by atoms with Crippen LogP contribution in [0.2, 0.25) is 0 Å². The zero-order valence-electron chi connectivity index (χ0n) is 21.1. The van der Waals surface area contributed by atoms with Crippen LogP contribution in [-0.2, 0) is 9.59 Å². The van der Waals surface area contributed by atoms with Crippen LogP contribution in [0.25, 0.3) is 0 Å². The summed E-state index contributed by atoms with van der Waals surface area (Å²) in [6.45, 7) is 0. The molecule has 194 valence electrons. The standard InChI is InChI=1S/C28H29FN2O6/c1-34-19-9-5-17(6-10-19)27-21(13-14-26(32)31(27)18-7-11-20(35-2)12-8-18)28(33)30-23-15-22(29)24(36-3)16-25(23)37-4/h5-12,15-16,21,27H,13-14H2,1-4H3,(H,30,33). The molecular weight excluding hydrogens is 479 g/mol. The van der Waals surface area contributed by atoms with Crippen molar-refractivity contribution in [3.8, 4) is 23.0 Å². The van der Waals surface area contributed by atoms with Gasteiger partial charge in [-0.05, 0) is 48.4 Å². The lowest BCUT2D eigenvalue weighted by atomic mass is 9.83. The molecule has 4 rings (SSSR count). The van der Waals surface area contributed by atoms with E-state index in [1.165, 1.54) is 20.3 Å². The number of amides is 2. The Labute approximate surface area is 214 Å². The van der Waals surface area contributed by atoms with E-state index in [-0.39, 0.29) is 35.4 Å². The van der Waals surface area contributed by atoms with Gasteiger partial charge in [0.1, 0.15) is 17.2 Å². The van der Waals surface area contributed by atoms with Gasteiger partial charge in [0.05, 0.1) is 46.1 Å². The van der Waals surface area contributed by atoms with Crippen molar-refractivity contribution in [3.63, 3.8) is 0 Å². The Morgan fingerprint density at radius 1 is 0.865 bits per heavy atom. The molecule has 0 saturated carbocycles. The number of halogens is 1. The summed E-state index contributed by atoms with van der Waals surface area (Å²) >= 11 is 0. The molecule has 0 aromatic heterocycles. The number of hydrogen-bond donors (Lipinski definition) is 1. The van der Waals surface area contributed by atoms with E-state index in [1.807, 2.05) is 12.1 Å². The summed E-state index contributed by atoms with van der Waals surface area (Å²) in [5, 5.41) is 2.81. The molecule has 1 saturated heterocycles. The Kier molecular flexibility index (Phi) is 7.81. The highest BCUT2D eigenvalue weighted by Crippen LogP contribution is 2.42. The van der Waals surface area contributed by atoms with E-state index in [4.69, 9.17) is 18.9 Å². The average Bonchev–Trinajstić information content (AvgIpc) is 2.93. The van der Waals surface area contributed by atoms with Crippen LogP contribution in [0.5, 0.6) is 23.0 Å². The maximum Gasteiger partial charge on any atom is 0.230 e. The third kappa shape index (κ3) is 5.30. The first kappa shape index (κ1) is 25.8. The summed E-state index contributed by atoms with van der Waals surface area (Å²) < 4.78 is 35.4. The number of ether oxygens (including phenoxy) is 4. The van der Waals surface area contributed by atoms with Crippen LogP contribution in [0, 0.1) is 11.7 Å². The summed E-state index contributed by atoms with van der Waals surface area (Å²) in [6.07, 6.45) is 0.486. The molecule has 1 heterocycles. The highest BCUT2D eigenvalue weighted by molar-refractivity contribution is 6.00. The molecule has 3 aromatic rings. The predicted molar refractivity (Wildman–Crippen MR) is 137 cm³/mol. The van der Waals surface area contributed by atoms with Crippen molar-refractivity contribution in [2.45, 2.75) is 18.9 Å². The van der Waals surface area contributed by atoms with Gasteiger partial charge in [0.15, 0.2) is 11.6 Å². The van der Waals surface area contributed by atoms with E-state index in [0.29, 0.717) is 23.6 Å². The fraction of sp³-hybridized carbons (Fsp3) is 0.286. The summed E-state index contributed by atoms with van der Waals surface area (Å²) in [6, 6.07) is 16.3. The van der Waals surface area contributed by atoms with Crippen molar-refractivity contribution in [3.05, 3.63) is 72.0 Å². The van der Waals surface area contributed by atoms with Crippen molar-refractivity contribution in [1.29, 1.82) is 0 Å². The van der Waals surface area contributed by atoms with Gasteiger partial charge in [-0.2, -0.15) is 0 Å². The number of rotatable bonds is 8. The fourth-order valence-corrected chi connectivity index (χ4v) is 4.58. The van der Waals surface area contributed by atoms with Crippen LogP contribution in [0.4, 0.5) is 15.8 Å². The maximum absolute atomic E-state index is 14.5. The summed E-state index contributed by atoms with van der Waals surface area (Å²) in [4.78, 5) is 28.6. The molecule has 37 heavy (non-hydrogen) atoms. The molecule has 9 heteroatoms. The molecule has 0 radical (unpaired) electrons. The Balaban J connectivity index is 1.74. The lowest BCUT2D eigenvalue weighted by Crippen LogP contribution is -2.47. The molecule has 0 aliphatic carbocycles. The monoisotopic (exact) mass is 508 g/mol. The molecule has 0 spiro atoms. The van der Waals surface area contributed by atoms with Crippen molar-refractivity contribution in [2.75, 3.05) is 38.7 Å². The Hall–Kier alpha value is -4.27. The molecule has 3 aromatic carbocycles. The van der Waals surface area contributed by atoms with Crippen LogP contribution in [0.1, 0.15) is 24.4 Å². The molecule has 1 N–H and O–H groups in total. The Bertz CT molecular complexity index is 1260. The second-order valence-corrected chi connectivity index (χ2v) is 8.50. The topological polar surface area (TPSA) is 86.3 Å². The highest BCUT2D eigenvalue weighted by atomic mass is 19.1. The molecule has 1 aliphatic rings. The minimum Gasteiger partial charge on any atom is -0.497 e. The fourth-order valence-electron chi connectivity index (χ4n) is 4.58. The summed E-state index contributed by atoms with van der Waals surface area (Å²) in [5.74, 6) is -0.185. The third-order valence-corrected chi connectivity index (χ3v) is 6.47. The van der Waals surface area contributed by atoms with Crippen LogP contribution in [0.15, 0.2) is 60.7 Å². The van der Waals surface area contributed by atoms with E-state index in [0.717, 1.165) is 11.6 Å². The van der Waals surface area contributed by atoms with Crippen molar-refractivity contribution < 1.29 is 32.9 Å². The number of nitrogens with one attached hydrogen (secondary N) is 1. The zero-order valence-corrected chi connectivity index (χ0v) is 21.1. The zero-order chi connectivity index (χ0) is 26.5. The van der Waals surface area contributed by atoms with Crippen LogP contribution >= 0.6 is 0 Å². The number of methoxy groups -OCH3 is 4. The minimum absolute atomic E-state index is 0.0000905. The quantitative estimate of drug-likeness (QED) is 0.462. The van der Waals surface area contributed by atoms with Crippen LogP contribution in [-0.4, -0.2) is 40.3 Å². The first-order valence-corrected chi connectivity index (χ1v) is 11.7. The largest absolute Gasteiger partial charge is 0.497 e. The van der Waals surface area contributed by atoms with E-state index in [1.54, 1.807) is 55.5 Å². The number of nitrogens with zero attached hydrogens (tertiary/aromatic N) is 1. The van der Waals surface area contributed by atoms with Gasteiger partial charge in [0, 0.05) is 24.2 Å². The third-order valence-electron chi connectivity index (χ3n) is 6.47. The van der Waals surface area contributed by atoms with Crippen molar-refractivity contribution in [1.82, 2.24) is 0 Å². The number of benzene rings is 3. The van der Waals surface area contributed by atoms with Crippen LogP contribution in [0.3, 0.4) is 0 Å². The normalized spacial score (nSPS) is 17.2. The average molecular weight is 509 g/mol. The van der Waals surface area contributed by atoms with Crippen LogP contribution < -0.4 is 29.2 Å². The van der Waals surface area contributed by atoms with Gasteiger partial charge in [0.2, 0.25) is 11.8 Å². The second kappa shape index (κ2) is 11.2. The van der Waals surface area contributed by atoms with Gasteiger partial charge in [-0.3, -0.25) is 9.59 Å². The molecular formula is C28H29FN2O6. The number of carbonyl (C=O) groups excluding carboxylic acids is 2. The maximum atomic E-state index is 14.5. The Morgan fingerprint density at radius 3 is 2.03 bits per heavy atom. The number of hydrogen-bond acceptors (Lipinski definition) is 6. The number of carbonyl (C=O) groups is 2. The van der Waals surface area contributed by atoms with Gasteiger partial charge >= 0.3 is 0 Å². The van der Waals surface area contributed by atoms with E-state index < -0.39 is 17.8 Å². The van der Waals surface area contributed by atoms with E-state index in [9.17, 15) is 14.0 Å². The smallest absolute Gasteiger partial charge is 0.230 e. The molecule has 1 aliphatic heterocycles. The summed E-state index contributed by atoms with van der Waals surface area (Å²) in [5.41, 5.74) is 1.57. The first-order valence-electron chi connectivity index (χ1n) is 11.7. The number of anilines is 2. The van der Waals surface area contributed by atoms with E-state index >= 15 is 0 Å². The summed E-state index contributed by atoms with van der Waals surface area (Å²) in [7, 11) is 5.91. The minimum atomic E-state index is -0.636. The SMILES string of the molecule is COc1ccc(C2C(C(=O)Nc3cc(F)c(OC)cc3OC)CCC(=O)N2c2ccc(OC)cc2)cc1. The molecule has 2 atom stereocenters. The Morgan fingerprint density at radius 2 is 1.46 bits per heavy atom. The van der Waals surface area contributed by atoms with Gasteiger partial charge < -0.3 is 29.2 Å². The van der Waals surface area contributed by atoms with Gasteiger partial charge in [-0.1, -0.05) is 12.1 Å². The van der Waals surface area contributed by atoms with Gasteiger partial charge in [0.25, 0.3) is 0 Å². The van der Waals surface area contributed by atoms with Gasteiger partial charge in [-0.25, -0.2) is 4.39 Å². The highest BCUT2D eigenvalue weighted by Gasteiger charge is 2.41. The molecule has 0 bridgehead atoms. The predicted octanol–water partition coefficient (Wildman–Crippen LogP) is 4.98. The molecule has 1 fully saturated rings. The van der Waals surface area contributed by atoms with Crippen molar-refractivity contribution >= 4 is 23.2 Å². The molecule has 8 nitrogen and oxygen atoms in total. The first-order chi connectivity index (χ1) is 17.9. The molecule has 2 amide bonds. The lowest BCUT2D eigenvalue weighted by Gasteiger charge is -2.41. The molecule has 2 unspecified atom stereocenters. The second-order valence-electron chi connectivity index (χ2n) is 8.50. The number of piperidine rings is 1.